The van der Waals surface area contributed by atoms with Crippen LogP contribution in [-0.4, -0.2) is 28.5 Å². The summed E-state index contributed by atoms with van der Waals surface area (Å²) in [6.07, 6.45) is 3.28. The van der Waals surface area contributed by atoms with E-state index in [2.05, 4.69) is 0 Å². The predicted octanol–water partition coefficient (Wildman–Crippen LogP) is 1.43. The number of halogens is 2. The van der Waals surface area contributed by atoms with Crippen molar-refractivity contribution in [3.8, 4) is 6.07 Å². The SMILES string of the molecule is CCN(CC#N)C(=O)Cn1cc(I)c(=O)c(I)c1. The number of hydrogen-bond donors (Lipinski definition) is 0. The molecule has 1 heterocycles. The van der Waals surface area contributed by atoms with E-state index in [4.69, 9.17) is 5.26 Å². The van der Waals surface area contributed by atoms with E-state index in [-0.39, 0.29) is 24.4 Å². The molecule has 0 aromatic carbocycles. The van der Waals surface area contributed by atoms with Gasteiger partial charge in [-0.25, -0.2) is 0 Å². The third-order valence-electron chi connectivity index (χ3n) is 2.31. The third kappa shape index (κ3) is 3.94. The molecule has 0 N–H and O–H groups in total. The summed E-state index contributed by atoms with van der Waals surface area (Å²) < 4.78 is 2.83. The van der Waals surface area contributed by atoms with E-state index in [1.165, 1.54) is 4.90 Å². The molecule has 0 aliphatic carbocycles. The van der Waals surface area contributed by atoms with Crippen LogP contribution in [0, 0.1) is 18.5 Å². The zero-order valence-electron chi connectivity index (χ0n) is 9.69. The van der Waals surface area contributed by atoms with Gasteiger partial charge in [-0.3, -0.25) is 9.59 Å². The quantitative estimate of drug-likeness (QED) is 0.494. The average molecular weight is 471 g/mol. The first kappa shape index (κ1) is 15.4. The number of rotatable bonds is 4. The van der Waals surface area contributed by atoms with E-state index in [1.54, 1.807) is 17.0 Å². The highest BCUT2D eigenvalue weighted by Crippen LogP contribution is 2.04. The van der Waals surface area contributed by atoms with Crippen molar-refractivity contribution in [3.05, 3.63) is 29.8 Å². The maximum absolute atomic E-state index is 11.9. The van der Waals surface area contributed by atoms with Gasteiger partial charge in [-0.05, 0) is 52.1 Å². The molecule has 0 saturated heterocycles. The maximum atomic E-state index is 11.9. The number of carbonyl (C=O) groups excluding carboxylic acids is 1. The van der Waals surface area contributed by atoms with E-state index in [1.807, 2.05) is 58.2 Å². The molecule has 1 rings (SSSR count). The van der Waals surface area contributed by atoms with Crippen molar-refractivity contribution in [1.29, 1.82) is 5.26 Å². The van der Waals surface area contributed by atoms with Crippen LogP contribution in [0.2, 0.25) is 0 Å². The van der Waals surface area contributed by atoms with Gasteiger partial charge in [-0.2, -0.15) is 5.26 Å². The molecule has 0 unspecified atom stereocenters. The second kappa shape index (κ2) is 7.08. The van der Waals surface area contributed by atoms with Crippen molar-refractivity contribution in [2.75, 3.05) is 13.1 Å². The van der Waals surface area contributed by atoms with Gasteiger partial charge in [0.15, 0.2) is 0 Å². The second-order valence-corrected chi connectivity index (χ2v) is 5.85. The van der Waals surface area contributed by atoms with E-state index >= 15 is 0 Å². The standard InChI is InChI=1S/C11H11I2N3O2/c1-2-16(4-3-14)10(17)7-15-5-8(12)11(18)9(13)6-15/h5-6H,2,4,7H2,1H3. The summed E-state index contributed by atoms with van der Waals surface area (Å²) in [5.74, 6) is -0.130. The Hall–Kier alpha value is -0.630. The first-order valence-electron chi connectivity index (χ1n) is 5.19. The third-order valence-corrected chi connectivity index (χ3v) is 3.84. The fraction of sp³-hybridized carbons (Fsp3) is 0.364. The molecule has 0 spiro atoms. The fourth-order valence-electron chi connectivity index (χ4n) is 1.37. The number of aromatic nitrogens is 1. The summed E-state index contributed by atoms with van der Waals surface area (Å²) in [7, 11) is 0. The van der Waals surface area contributed by atoms with Gasteiger partial charge in [0.25, 0.3) is 0 Å². The van der Waals surface area contributed by atoms with Crippen LogP contribution in [0.15, 0.2) is 17.2 Å². The molecule has 0 aliphatic rings. The minimum absolute atomic E-state index is 0.0238. The summed E-state index contributed by atoms with van der Waals surface area (Å²) in [5.41, 5.74) is -0.0238. The Morgan fingerprint density at radius 1 is 1.44 bits per heavy atom. The van der Waals surface area contributed by atoms with Crippen LogP contribution in [-0.2, 0) is 11.3 Å². The van der Waals surface area contributed by atoms with E-state index in [0.29, 0.717) is 13.7 Å². The van der Waals surface area contributed by atoms with Crippen molar-refractivity contribution < 1.29 is 4.79 Å². The van der Waals surface area contributed by atoms with Gasteiger partial charge in [-0.15, -0.1) is 0 Å². The highest BCUT2D eigenvalue weighted by molar-refractivity contribution is 14.1. The Labute approximate surface area is 132 Å². The minimum atomic E-state index is -0.130. The molecule has 18 heavy (non-hydrogen) atoms. The molecule has 0 radical (unpaired) electrons. The second-order valence-electron chi connectivity index (χ2n) is 3.52. The molecule has 0 saturated carbocycles. The van der Waals surface area contributed by atoms with Gasteiger partial charge in [0.2, 0.25) is 11.3 Å². The van der Waals surface area contributed by atoms with Crippen LogP contribution in [0.5, 0.6) is 0 Å². The predicted molar refractivity (Wildman–Crippen MR) is 84.0 cm³/mol. The van der Waals surface area contributed by atoms with Crippen LogP contribution in [0.4, 0.5) is 0 Å². The maximum Gasteiger partial charge on any atom is 0.243 e. The lowest BCUT2D eigenvalue weighted by Crippen LogP contribution is -2.34. The number of amides is 1. The van der Waals surface area contributed by atoms with Gasteiger partial charge >= 0.3 is 0 Å². The Bertz CT molecular complexity index is 522. The van der Waals surface area contributed by atoms with Gasteiger partial charge in [0, 0.05) is 18.9 Å². The van der Waals surface area contributed by atoms with Gasteiger partial charge in [0.1, 0.15) is 13.1 Å². The zero-order valence-corrected chi connectivity index (χ0v) is 14.0. The topological polar surface area (TPSA) is 66.1 Å². The van der Waals surface area contributed by atoms with Crippen molar-refractivity contribution in [2.24, 2.45) is 0 Å². The monoisotopic (exact) mass is 471 g/mol. The molecule has 1 aromatic heterocycles. The zero-order chi connectivity index (χ0) is 13.7. The van der Waals surface area contributed by atoms with Crippen molar-refractivity contribution in [3.63, 3.8) is 0 Å². The molecular weight excluding hydrogens is 460 g/mol. The molecule has 0 bridgehead atoms. The Balaban J connectivity index is 2.89. The number of hydrogen-bond acceptors (Lipinski definition) is 3. The number of nitriles is 1. The first-order chi connectivity index (χ1) is 8.49. The summed E-state index contributed by atoms with van der Waals surface area (Å²) in [4.78, 5) is 24.9. The summed E-state index contributed by atoms with van der Waals surface area (Å²) in [5, 5.41) is 8.61. The molecule has 1 amide bonds. The minimum Gasteiger partial charge on any atom is -0.343 e. The molecule has 7 heteroatoms. The lowest BCUT2D eigenvalue weighted by molar-refractivity contribution is -0.131. The van der Waals surface area contributed by atoms with Crippen molar-refractivity contribution in [1.82, 2.24) is 9.47 Å². The highest BCUT2D eigenvalue weighted by Gasteiger charge is 2.12. The lowest BCUT2D eigenvalue weighted by atomic mass is 10.4. The Morgan fingerprint density at radius 2 is 2.00 bits per heavy atom. The molecule has 5 nitrogen and oxygen atoms in total. The van der Waals surface area contributed by atoms with Crippen LogP contribution >= 0.6 is 45.2 Å². The average Bonchev–Trinajstić information content (AvgIpc) is 2.32. The number of pyridine rings is 1. The fourth-order valence-corrected chi connectivity index (χ4v) is 3.18. The first-order valence-corrected chi connectivity index (χ1v) is 7.35. The Morgan fingerprint density at radius 3 is 2.44 bits per heavy atom. The van der Waals surface area contributed by atoms with Gasteiger partial charge in [0.05, 0.1) is 13.2 Å². The van der Waals surface area contributed by atoms with Crippen LogP contribution < -0.4 is 5.43 Å². The summed E-state index contributed by atoms with van der Waals surface area (Å²) >= 11 is 3.90. The van der Waals surface area contributed by atoms with Crippen LogP contribution in [0.3, 0.4) is 0 Å². The number of carbonyl (C=O) groups is 1. The van der Waals surface area contributed by atoms with Crippen LogP contribution in [0.1, 0.15) is 6.92 Å². The van der Waals surface area contributed by atoms with Crippen molar-refractivity contribution in [2.45, 2.75) is 13.5 Å². The molecule has 96 valence electrons. The van der Waals surface area contributed by atoms with Crippen LogP contribution in [0.25, 0.3) is 0 Å². The molecular formula is C11H11I2N3O2. The van der Waals surface area contributed by atoms with E-state index in [0.717, 1.165) is 0 Å². The summed E-state index contributed by atoms with van der Waals surface area (Å²) in [6, 6.07) is 1.96. The normalized spacial score (nSPS) is 9.89. The van der Waals surface area contributed by atoms with Gasteiger partial charge in [-0.1, -0.05) is 0 Å². The van der Waals surface area contributed by atoms with E-state index in [9.17, 15) is 9.59 Å². The molecule has 0 fully saturated rings. The van der Waals surface area contributed by atoms with E-state index < -0.39 is 0 Å². The molecule has 1 aromatic rings. The lowest BCUT2D eigenvalue weighted by Gasteiger charge is -2.18. The smallest absolute Gasteiger partial charge is 0.243 e. The Kier molecular flexibility index (Phi) is 6.07. The highest BCUT2D eigenvalue weighted by atomic mass is 127. The van der Waals surface area contributed by atoms with Gasteiger partial charge < -0.3 is 9.47 Å². The number of likely N-dealkylation sites (N-methyl/N-ethyl adjacent to an activating group) is 1. The number of nitrogens with zero attached hydrogens (tertiary/aromatic N) is 3. The summed E-state index contributed by atoms with van der Waals surface area (Å²) in [6.45, 7) is 2.56. The largest absolute Gasteiger partial charge is 0.343 e. The van der Waals surface area contributed by atoms with Crippen molar-refractivity contribution >= 4 is 51.1 Å². The molecule has 0 atom stereocenters. The molecule has 0 aliphatic heterocycles.